The Morgan fingerprint density at radius 1 is 1.16 bits per heavy atom. The van der Waals surface area contributed by atoms with E-state index in [2.05, 4.69) is 59.6 Å². The van der Waals surface area contributed by atoms with Gasteiger partial charge in [-0.25, -0.2) is 0 Å². The first-order valence-electron chi connectivity index (χ1n) is 7.52. The molecule has 0 heterocycles. The van der Waals surface area contributed by atoms with Crippen molar-refractivity contribution in [3.8, 4) is 0 Å². The maximum atomic E-state index is 6.18. The van der Waals surface area contributed by atoms with Gasteiger partial charge in [0.2, 0.25) is 0 Å². The van der Waals surface area contributed by atoms with Gasteiger partial charge in [-0.3, -0.25) is 0 Å². The summed E-state index contributed by atoms with van der Waals surface area (Å²) in [6.07, 6.45) is 5.48. The lowest BCUT2D eigenvalue weighted by Gasteiger charge is -2.36. The molecule has 114 valence electrons. The molecular formula is C16H35NOSi. The highest BCUT2D eigenvalue weighted by atomic mass is 28.4. The second-order valence-electron chi connectivity index (χ2n) is 7.60. The third kappa shape index (κ3) is 7.90. The molecule has 0 aromatic rings. The molecule has 19 heavy (non-hydrogen) atoms. The van der Waals surface area contributed by atoms with Gasteiger partial charge >= 0.3 is 0 Å². The molecule has 0 aliphatic heterocycles. The van der Waals surface area contributed by atoms with Crippen molar-refractivity contribution in [3.63, 3.8) is 0 Å². The van der Waals surface area contributed by atoms with Crippen LogP contribution in [0.5, 0.6) is 0 Å². The Morgan fingerprint density at radius 3 is 2.21 bits per heavy atom. The van der Waals surface area contributed by atoms with Crippen LogP contribution in [-0.4, -0.2) is 27.0 Å². The average Bonchev–Trinajstić information content (AvgIpc) is 2.23. The predicted octanol–water partition coefficient (Wildman–Crippen LogP) is 4.73. The Kier molecular flexibility index (Phi) is 7.55. The molecule has 0 spiro atoms. The van der Waals surface area contributed by atoms with Crippen LogP contribution in [0.15, 0.2) is 12.7 Å². The van der Waals surface area contributed by atoms with Gasteiger partial charge in [-0.2, -0.15) is 0 Å². The van der Waals surface area contributed by atoms with Gasteiger partial charge in [-0.15, -0.1) is 6.58 Å². The number of hydrogen-bond donors (Lipinski definition) is 1. The van der Waals surface area contributed by atoms with E-state index < -0.39 is 8.32 Å². The summed E-state index contributed by atoms with van der Waals surface area (Å²) >= 11 is 0. The zero-order valence-electron chi connectivity index (χ0n) is 14.2. The summed E-state index contributed by atoms with van der Waals surface area (Å²) in [6, 6.07) is 0. The molecule has 0 unspecified atom stereocenters. The fourth-order valence-corrected chi connectivity index (χ4v) is 2.73. The summed E-state index contributed by atoms with van der Waals surface area (Å²) in [6.45, 7) is 21.5. The van der Waals surface area contributed by atoms with E-state index in [9.17, 15) is 0 Å². The van der Waals surface area contributed by atoms with Gasteiger partial charge in [0.1, 0.15) is 0 Å². The van der Waals surface area contributed by atoms with E-state index in [0.29, 0.717) is 5.04 Å². The molecule has 0 rings (SSSR count). The smallest absolute Gasteiger partial charge is 0.192 e. The zero-order valence-corrected chi connectivity index (χ0v) is 15.2. The summed E-state index contributed by atoms with van der Waals surface area (Å²) < 4.78 is 6.18. The number of rotatable bonds is 9. The fourth-order valence-electron chi connectivity index (χ4n) is 1.69. The van der Waals surface area contributed by atoms with Crippen LogP contribution in [0.3, 0.4) is 0 Å². The quantitative estimate of drug-likeness (QED) is 0.375. The molecule has 1 N–H and O–H groups in total. The van der Waals surface area contributed by atoms with Crippen LogP contribution in [0.25, 0.3) is 0 Å². The molecule has 0 aliphatic carbocycles. The molecule has 0 radical (unpaired) electrons. The fraction of sp³-hybridized carbons (Fsp3) is 0.875. The molecule has 0 saturated carbocycles. The number of unbranched alkanes of at least 4 members (excludes halogenated alkanes) is 1. The van der Waals surface area contributed by atoms with E-state index in [-0.39, 0.29) is 5.54 Å². The minimum Gasteiger partial charge on any atom is -0.416 e. The second kappa shape index (κ2) is 7.60. The number of allylic oxidation sites excluding steroid dienone is 1. The van der Waals surface area contributed by atoms with Crippen molar-refractivity contribution in [1.29, 1.82) is 0 Å². The average molecular weight is 286 g/mol. The molecule has 2 nitrogen and oxygen atoms in total. The maximum absolute atomic E-state index is 6.18. The SMILES string of the molecule is C=CCCCC(C)(C)NCCO[Si](C)(C)C(C)(C)C. The Labute approximate surface area is 122 Å². The Morgan fingerprint density at radius 2 is 1.74 bits per heavy atom. The lowest BCUT2D eigenvalue weighted by atomic mass is 9.97. The third-order valence-corrected chi connectivity index (χ3v) is 8.72. The van der Waals surface area contributed by atoms with Crippen LogP contribution in [0, 0.1) is 0 Å². The van der Waals surface area contributed by atoms with Crippen LogP contribution < -0.4 is 5.32 Å². The van der Waals surface area contributed by atoms with Crippen molar-refractivity contribution in [2.75, 3.05) is 13.2 Å². The predicted molar refractivity (Wildman–Crippen MR) is 89.3 cm³/mol. The van der Waals surface area contributed by atoms with Crippen molar-refractivity contribution >= 4 is 8.32 Å². The molecule has 0 fully saturated rings. The summed E-state index contributed by atoms with van der Waals surface area (Å²) in [5.41, 5.74) is 0.194. The van der Waals surface area contributed by atoms with Crippen LogP contribution in [0.1, 0.15) is 53.9 Å². The number of nitrogens with one attached hydrogen (secondary N) is 1. The molecule has 0 saturated heterocycles. The Balaban J connectivity index is 3.94. The van der Waals surface area contributed by atoms with Gasteiger partial charge in [0, 0.05) is 18.7 Å². The first kappa shape index (κ1) is 18.9. The Hall–Kier alpha value is -0.123. The van der Waals surface area contributed by atoms with Gasteiger partial charge < -0.3 is 9.74 Å². The van der Waals surface area contributed by atoms with Crippen LogP contribution >= 0.6 is 0 Å². The van der Waals surface area contributed by atoms with Crippen LogP contribution in [0.4, 0.5) is 0 Å². The van der Waals surface area contributed by atoms with E-state index in [0.717, 1.165) is 19.6 Å². The minimum absolute atomic E-state index is 0.194. The molecular weight excluding hydrogens is 250 g/mol. The van der Waals surface area contributed by atoms with Crippen LogP contribution in [0.2, 0.25) is 18.1 Å². The minimum atomic E-state index is -1.59. The van der Waals surface area contributed by atoms with E-state index in [4.69, 9.17) is 4.43 Å². The van der Waals surface area contributed by atoms with Gasteiger partial charge in [-0.1, -0.05) is 26.8 Å². The summed E-state index contributed by atoms with van der Waals surface area (Å²) in [7, 11) is -1.59. The summed E-state index contributed by atoms with van der Waals surface area (Å²) in [5, 5.41) is 3.90. The van der Waals surface area contributed by atoms with Gasteiger partial charge in [0.25, 0.3) is 0 Å². The molecule has 0 aromatic carbocycles. The normalized spacial score (nSPS) is 13.6. The monoisotopic (exact) mass is 285 g/mol. The van der Waals surface area contributed by atoms with Crippen molar-refractivity contribution in [2.45, 2.75) is 77.6 Å². The molecule has 0 amide bonds. The highest BCUT2D eigenvalue weighted by Crippen LogP contribution is 2.36. The zero-order chi connectivity index (χ0) is 15.2. The molecule has 0 aliphatic rings. The molecule has 0 atom stereocenters. The maximum Gasteiger partial charge on any atom is 0.192 e. The standard InChI is InChI=1S/C16H35NOSi/c1-9-10-11-12-16(5,6)17-13-14-18-19(7,8)15(2,3)4/h9,17H,1,10-14H2,2-8H3. The first-order chi connectivity index (χ1) is 8.52. The summed E-state index contributed by atoms with van der Waals surface area (Å²) in [5.74, 6) is 0. The van der Waals surface area contributed by atoms with E-state index in [1.165, 1.54) is 12.8 Å². The van der Waals surface area contributed by atoms with Gasteiger partial charge in [0.15, 0.2) is 8.32 Å². The van der Waals surface area contributed by atoms with Crippen molar-refractivity contribution < 1.29 is 4.43 Å². The van der Waals surface area contributed by atoms with Crippen molar-refractivity contribution in [3.05, 3.63) is 12.7 Å². The van der Waals surface area contributed by atoms with Crippen molar-refractivity contribution in [1.82, 2.24) is 5.32 Å². The number of hydrogen-bond acceptors (Lipinski definition) is 2. The van der Waals surface area contributed by atoms with Gasteiger partial charge in [0.05, 0.1) is 0 Å². The topological polar surface area (TPSA) is 21.3 Å². The van der Waals surface area contributed by atoms with E-state index in [1.807, 2.05) is 6.08 Å². The first-order valence-corrected chi connectivity index (χ1v) is 10.4. The third-order valence-electron chi connectivity index (χ3n) is 4.18. The summed E-state index contributed by atoms with van der Waals surface area (Å²) in [4.78, 5) is 0. The van der Waals surface area contributed by atoms with Gasteiger partial charge in [-0.05, 0) is 51.2 Å². The van der Waals surface area contributed by atoms with E-state index >= 15 is 0 Å². The lowest BCUT2D eigenvalue weighted by molar-refractivity contribution is 0.257. The highest BCUT2D eigenvalue weighted by Gasteiger charge is 2.36. The Bertz CT molecular complexity index is 266. The van der Waals surface area contributed by atoms with E-state index in [1.54, 1.807) is 0 Å². The molecule has 0 bridgehead atoms. The highest BCUT2D eigenvalue weighted by molar-refractivity contribution is 6.74. The second-order valence-corrected chi connectivity index (χ2v) is 12.4. The largest absolute Gasteiger partial charge is 0.416 e. The van der Waals surface area contributed by atoms with Crippen LogP contribution in [-0.2, 0) is 4.43 Å². The molecule has 3 heteroatoms. The molecule has 0 aromatic heterocycles. The lowest BCUT2D eigenvalue weighted by Crippen LogP contribution is -2.45. The van der Waals surface area contributed by atoms with Crippen molar-refractivity contribution in [2.24, 2.45) is 0 Å².